The number of carbonyl (C=O) groups is 2. The van der Waals surface area contributed by atoms with Crippen LogP contribution in [0.1, 0.15) is 32.3 Å². The van der Waals surface area contributed by atoms with Crippen LogP contribution < -0.4 is 16.2 Å². The van der Waals surface area contributed by atoms with Crippen molar-refractivity contribution in [2.24, 2.45) is 7.05 Å². The van der Waals surface area contributed by atoms with Crippen LogP contribution in [0.5, 0.6) is 0 Å². The van der Waals surface area contributed by atoms with Crippen LogP contribution in [0.4, 0.5) is 10.5 Å². The van der Waals surface area contributed by atoms with E-state index < -0.39 is 17.5 Å². The van der Waals surface area contributed by atoms with E-state index in [-0.39, 0.29) is 17.7 Å². The second kappa shape index (κ2) is 6.43. The standard InChI is InChI=1S/C14H21N3O4/c1-9-7-10(12(20)17(4)8-9)15-13(21)16-14(2,3)6-5-11(18)19/h7-8H,5-6H2,1-4H3,(H,18,19)(H2,15,16,21). The van der Waals surface area contributed by atoms with Crippen LogP contribution in [0.2, 0.25) is 0 Å². The average molecular weight is 295 g/mol. The van der Waals surface area contributed by atoms with Gasteiger partial charge in [-0.2, -0.15) is 0 Å². The highest BCUT2D eigenvalue weighted by Gasteiger charge is 2.22. The molecule has 116 valence electrons. The molecule has 1 rings (SSSR count). The van der Waals surface area contributed by atoms with E-state index in [1.165, 1.54) is 4.57 Å². The summed E-state index contributed by atoms with van der Waals surface area (Å²) >= 11 is 0. The van der Waals surface area contributed by atoms with E-state index in [1.807, 2.05) is 6.92 Å². The summed E-state index contributed by atoms with van der Waals surface area (Å²) in [4.78, 5) is 34.4. The molecular weight excluding hydrogens is 274 g/mol. The van der Waals surface area contributed by atoms with Crippen LogP contribution >= 0.6 is 0 Å². The van der Waals surface area contributed by atoms with E-state index >= 15 is 0 Å². The van der Waals surface area contributed by atoms with Crippen LogP contribution in [0, 0.1) is 6.92 Å². The fourth-order valence-corrected chi connectivity index (χ4v) is 1.91. The highest BCUT2D eigenvalue weighted by molar-refractivity contribution is 5.89. The third-order valence-electron chi connectivity index (χ3n) is 2.98. The lowest BCUT2D eigenvalue weighted by atomic mass is 9.99. The summed E-state index contributed by atoms with van der Waals surface area (Å²) in [6.45, 7) is 5.27. The molecule has 3 N–H and O–H groups in total. The Hall–Kier alpha value is -2.31. The summed E-state index contributed by atoms with van der Waals surface area (Å²) in [5, 5.41) is 13.8. The first kappa shape index (κ1) is 16.7. The molecule has 0 aliphatic heterocycles. The highest BCUT2D eigenvalue weighted by Crippen LogP contribution is 2.12. The number of carboxylic acid groups (broad SMARTS) is 1. The van der Waals surface area contributed by atoms with Crippen molar-refractivity contribution in [1.82, 2.24) is 9.88 Å². The summed E-state index contributed by atoms with van der Waals surface area (Å²) < 4.78 is 1.39. The Labute approximate surface area is 123 Å². The number of hydrogen-bond donors (Lipinski definition) is 3. The lowest BCUT2D eigenvalue weighted by molar-refractivity contribution is -0.137. The average Bonchev–Trinajstić information content (AvgIpc) is 2.32. The largest absolute Gasteiger partial charge is 0.481 e. The fraction of sp³-hybridized carbons (Fsp3) is 0.500. The molecule has 2 amide bonds. The van der Waals surface area contributed by atoms with E-state index in [0.717, 1.165) is 5.56 Å². The number of amides is 2. The molecule has 0 aliphatic carbocycles. The van der Waals surface area contributed by atoms with Crippen molar-refractivity contribution >= 4 is 17.7 Å². The number of carboxylic acids is 1. The number of carbonyl (C=O) groups excluding carboxylic acids is 1. The molecular formula is C14H21N3O4. The summed E-state index contributed by atoms with van der Waals surface area (Å²) in [5.41, 5.74) is 0.0398. The predicted octanol–water partition coefficient (Wildman–Crippen LogP) is 1.46. The topological polar surface area (TPSA) is 100 Å². The zero-order chi connectivity index (χ0) is 16.2. The molecule has 1 aromatic heterocycles. The number of aliphatic carboxylic acids is 1. The van der Waals surface area contributed by atoms with Crippen molar-refractivity contribution in [3.8, 4) is 0 Å². The summed E-state index contributed by atoms with van der Waals surface area (Å²) in [6, 6.07) is 1.06. The van der Waals surface area contributed by atoms with E-state index in [2.05, 4.69) is 10.6 Å². The predicted molar refractivity (Wildman–Crippen MR) is 79.5 cm³/mol. The summed E-state index contributed by atoms with van der Waals surface area (Å²) in [7, 11) is 1.61. The van der Waals surface area contributed by atoms with Gasteiger partial charge in [0.2, 0.25) is 0 Å². The first-order valence-electron chi connectivity index (χ1n) is 6.59. The fourth-order valence-electron chi connectivity index (χ4n) is 1.91. The molecule has 0 aromatic carbocycles. The monoisotopic (exact) mass is 295 g/mol. The van der Waals surface area contributed by atoms with E-state index in [0.29, 0.717) is 6.42 Å². The number of rotatable bonds is 5. The van der Waals surface area contributed by atoms with Crippen molar-refractivity contribution in [2.45, 2.75) is 39.2 Å². The van der Waals surface area contributed by atoms with Crippen molar-refractivity contribution in [3.05, 3.63) is 28.2 Å². The van der Waals surface area contributed by atoms with Gasteiger partial charge < -0.3 is 20.3 Å². The maximum absolute atomic E-state index is 11.9. The molecule has 0 saturated carbocycles. The Balaban J connectivity index is 2.74. The SMILES string of the molecule is Cc1cc(NC(=O)NC(C)(C)CCC(=O)O)c(=O)n(C)c1. The maximum Gasteiger partial charge on any atom is 0.319 e. The second-order valence-electron chi connectivity index (χ2n) is 5.70. The van der Waals surface area contributed by atoms with E-state index in [9.17, 15) is 14.4 Å². The number of urea groups is 1. The van der Waals surface area contributed by atoms with Crippen molar-refractivity contribution in [2.75, 3.05) is 5.32 Å². The quantitative estimate of drug-likeness (QED) is 0.765. The lowest BCUT2D eigenvalue weighted by Gasteiger charge is -2.25. The Bertz CT molecular complexity index is 605. The number of pyridine rings is 1. The minimum Gasteiger partial charge on any atom is -0.481 e. The summed E-state index contributed by atoms with van der Waals surface area (Å²) in [5.74, 6) is -0.919. The molecule has 0 aliphatic rings. The normalized spacial score (nSPS) is 11.0. The van der Waals surface area contributed by atoms with Gasteiger partial charge in [0.25, 0.3) is 5.56 Å². The molecule has 0 fully saturated rings. The first-order valence-corrected chi connectivity index (χ1v) is 6.59. The van der Waals surface area contributed by atoms with E-state index in [1.54, 1.807) is 33.2 Å². The van der Waals surface area contributed by atoms with Gasteiger partial charge in [-0.1, -0.05) is 0 Å². The molecule has 0 radical (unpaired) electrons. The van der Waals surface area contributed by atoms with Gasteiger partial charge in [0.05, 0.1) is 0 Å². The zero-order valence-electron chi connectivity index (χ0n) is 12.7. The molecule has 0 saturated heterocycles. The molecule has 0 unspecified atom stereocenters. The Morgan fingerprint density at radius 1 is 1.38 bits per heavy atom. The third kappa shape index (κ3) is 5.29. The van der Waals surface area contributed by atoms with Gasteiger partial charge in [0.15, 0.2) is 0 Å². The van der Waals surface area contributed by atoms with Crippen LogP contribution in [0.3, 0.4) is 0 Å². The Morgan fingerprint density at radius 3 is 2.57 bits per heavy atom. The smallest absolute Gasteiger partial charge is 0.319 e. The highest BCUT2D eigenvalue weighted by atomic mass is 16.4. The molecule has 1 heterocycles. The van der Waals surface area contributed by atoms with Gasteiger partial charge >= 0.3 is 12.0 Å². The van der Waals surface area contributed by atoms with Gasteiger partial charge in [-0.25, -0.2) is 4.79 Å². The van der Waals surface area contributed by atoms with Gasteiger partial charge in [-0.3, -0.25) is 9.59 Å². The minimum absolute atomic E-state index is 0.0422. The van der Waals surface area contributed by atoms with Crippen molar-refractivity contribution in [1.29, 1.82) is 0 Å². The minimum atomic E-state index is -0.919. The Kier molecular flexibility index (Phi) is 5.12. The lowest BCUT2D eigenvalue weighted by Crippen LogP contribution is -2.46. The molecule has 7 heteroatoms. The number of aryl methyl sites for hydroxylation is 2. The van der Waals surface area contributed by atoms with Gasteiger partial charge in [-0.15, -0.1) is 0 Å². The van der Waals surface area contributed by atoms with Crippen LogP contribution in [-0.2, 0) is 11.8 Å². The van der Waals surface area contributed by atoms with Crippen LogP contribution in [-0.4, -0.2) is 27.2 Å². The zero-order valence-corrected chi connectivity index (χ0v) is 12.7. The maximum atomic E-state index is 11.9. The third-order valence-corrected chi connectivity index (χ3v) is 2.98. The second-order valence-corrected chi connectivity index (χ2v) is 5.70. The molecule has 1 aromatic rings. The van der Waals surface area contributed by atoms with E-state index in [4.69, 9.17) is 5.11 Å². The van der Waals surface area contributed by atoms with Gasteiger partial charge in [0, 0.05) is 25.2 Å². The van der Waals surface area contributed by atoms with Crippen LogP contribution in [0.15, 0.2) is 17.1 Å². The first-order chi connectivity index (χ1) is 9.60. The van der Waals surface area contributed by atoms with Gasteiger partial charge in [0.1, 0.15) is 5.69 Å². The molecule has 0 spiro atoms. The molecule has 21 heavy (non-hydrogen) atoms. The molecule has 7 nitrogen and oxygen atoms in total. The number of nitrogens with zero attached hydrogens (tertiary/aromatic N) is 1. The number of anilines is 1. The van der Waals surface area contributed by atoms with Crippen molar-refractivity contribution in [3.63, 3.8) is 0 Å². The number of hydrogen-bond acceptors (Lipinski definition) is 3. The number of nitrogens with one attached hydrogen (secondary N) is 2. The van der Waals surface area contributed by atoms with Crippen molar-refractivity contribution < 1.29 is 14.7 Å². The van der Waals surface area contributed by atoms with Gasteiger partial charge in [-0.05, 0) is 38.8 Å². The Morgan fingerprint density at radius 2 is 2.00 bits per heavy atom. The molecule has 0 bridgehead atoms. The number of aromatic nitrogens is 1. The van der Waals surface area contributed by atoms with Crippen LogP contribution in [0.25, 0.3) is 0 Å². The summed E-state index contributed by atoms with van der Waals surface area (Å²) in [6.07, 6.45) is 1.92. The molecule has 0 atom stereocenters.